The van der Waals surface area contributed by atoms with E-state index < -0.39 is 6.09 Å². The van der Waals surface area contributed by atoms with Crippen LogP contribution in [0.1, 0.15) is 6.92 Å². The number of hydrogen-bond acceptors (Lipinski definition) is 2. The maximum Gasteiger partial charge on any atom is 0.404 e. The Balaban J connectivity index is 0. The molecule has 0 aliphatic rings. The van der Waals surface area contributed by atoms with E-state index in [2.05, 4.69) is 10.5 Å². The van der Waals surface area contributed by atoms with Gasteiger partial charge < -0.3 is 10.5 Å². The van der Waals surface area contributed by atoms with Gasteiger partial charge in [-0.15, -0.1) is 12.4 Å². The Kier molecular flexibility index (Phi) is 7.75. The third kappa shape index (κ3) is 10.8. The molecule has 0 rings (SSSR count). The van der Waals surface area contributed by atoms with E-state index in [1.165, 1.54) is 0 Å². The number of rotatable bonds is 1. The topological polar surface area (TPSA) is 52.3 Å². The molecule has 0 heterocycles. The predicted molar refractivity (Wildman–Crippen MR) is 28.5 cm³/mol. The van der Waals surface area contributed by atoms with E-state index in [1.807, 2.05) is 0 Å². The van der Waals surface area contributed by atoms with Crippen LogP contribution in [0.25, 0.3) is 0 Å². The van der Waals surface area contributed by atoms with Gasteiger partial charge in [0, 0.05) is 0 Å². The first-order valence-corrected chi connectivity index (χ1v) is 1.69. The zero-order chi connectivity index (χ0) is 4.99. The molecule has 0 saturated heterocycles. The molecule has 0 atom stereocenters. The first kappa shape index (κ1) is 9.75. The van der Waals surface area contributed by atoms with Gasteiger partial charge in [0.05, 0.1) is 6.61 Å². The lowest BCUT2D eigenvalue weighted by molar-refractivity contribution is 0.163. The Morgan fingerprint density at radius 2 is 2.29 bits per heavy atom. The van der Waals surface area contributed by atoms with Crippen LogP contribution in [0.15, 0.2) is 0 Å². The summed E-state index contributed by atoms with van der Waals surface area (Å²) in [4.78, 5) is 9.60. The zero-order valence-corrected chi connectivity index (χ0v) is 4.83. The van der Waals surface area contributed by atoms with E-state index in [9.17, 15) is 4.79 Å². The van der Waals surface area contributed by atoms with Crippen LogP contribution >= 0.6 is 12.4 Å². The van der Waals surface area contributed by atoms with Crippen molar-refractivity contribution in [3.8, 4) is 0 Å². The van der Waals surface area contributed by atoms with Gasteiger partial charge in [0.15, 0.2) is 0 Å². The van der Waals surface area contributed by atoms with E-state index in [1.54, 1.807) is 6.92 Å². The number of halogens is 1. The quantitative estimate of drug-likeness (QED) is 0.556. The number of carbonyl (C=O) groups is 1. The summed E-state index contributed by atoms with van der Waals surface area (Å²) < 4.78 is 4.18. The summed E-state index contributed by atoms with van der Waals surface area (Å²) >= 11 is 0. The normalized spacial score (nSPS) is 6.43. The fraction of sp³-hybridized carbons (Fsp3) is 0.667. The molecule has 0 bridgehead atoms. The Morgan fingerprint density at radius 1 is 1.86 bits per heavy atom. The van der Waals surface area contributed by atoms with Crippen molar-refractivity contribution < 1.29 is 9.53 Å². The Morgan fingerprint density at radius 3 is 2.29 bits per heavy atom. The lowest BCUT2D eigenvalue weighted by Crippen LogP contribution is -2.11. The van der Waals surface area contributed by atoms with E-state index in [0.717, 1.165) is 0 Å². The second kappa shape index (κ2) is 5.56. The lowest BCUT2D eigenvalue weighted by Gasteiger charge is -1.89. The number of ether oxygens (including phenoxy) is 1. The second-order valence-electron chi connectivity index (χ2n) is 0.752. The molecule has 0 spiro atoms. The summed E-state index contributed by atoms with van der Waals surface area (Å²) in [6.07, 6.45) is -0.711. The summed E-state index contributed by atoms with van der Waals surface area (Å²) in [5.41, 5.74) is 4.54. The fourth-order valence-electron chi connectivity index (χ4n) is 0.142. The van der Waals surface area contributed by atoms with Crippen LogP contribution in [0.2, 0.25) is 0 Å². The molecule has 0 saturated carbocycles. The summed E-state index contributed by atoms with van der Waals surface area (Å²) in [5, 5.41) is 0. The van der Waals surface area contributed by atoms with E-state index in [-0.39, 0.29) is 12.4 Å². The SMILES string of the molecule is CCOC(N)=O.Cl. The Bertz CT molecular complexity index is 56.9. The van der Waals surface area contributed by atoms with Gasteiger partial charge >= 0.3 is 6.09 Å². The number of hydrogen-bond donors (Lipinski definition) is 1. The molecule has 2 N–H and O–H groups in total. The average molecular weight is 126 g/mol. The number of primary amides is 1. The van der Waals surface area contributed by atoms with Gasteiger partial charge in [0.1, 0.15) is 0 Å². The van der Waals surface area contributed by atoms with E-state index in [0.29, 0.717) is 6.61 Å². The molecule has 7 heavy (non-hydrogen) atoms. The smallest absolute Gasteiger partial charge is 0.404 e. The highest BCUT2D eigenvalue weighted by Gasteiger charge is 1.82. The molecule has 0 aromatic carbocycles. The lowest BCUT2D eigenvalue weighted by atomic mass is 10.9. The van der Waals surface area contributed by atoms with Gasteiger partial charge in [-0.2, -0.15) is 0 Å². The minimum Gasteiger partial charge on any atom is -0.450 e. The molecule has 0 aromatic heterocycles. The first-order chi connectivity index (χ1) is 2.77. The summed E-state index contributed by atoms with van der Waals surface area (Å²) in [6, 6.07) is 0. The second-order valence-corrected chi connectivity index (χ2v) is 0.752. The number of nitrogens with two attached hydrogens (primary N) is 1. The minimum absolute atomic E-state index is 0. The molecule has 44 valence electrons. The molecular formula is C3H8ClNO2. The van der Waals surface area contributed by atoms with Crippen molar-refractivity contribution in [3.05, 3.63) is 0 Å². The number of amides is 1. The summed E-state index contributed by atoms with van der Waals surface area (Å²) in [7, 11) is 0. The van der Waals surface area contributed by atoms with Crippen molar-refractivity contribution in [1.82, 2.24) is 0 Å². The third-order valence-corrected chi connectivity index (χ3v) is 0.287. The van der Waals surface area contributed by atoms with E-state index in [4.69, 9.17) is 0 Å². The Labute approximate surface area is 48.2 Å². The predicted octanol–water partition coefficient (Wildman–Crippen LogP) is 0.523. The standard InChI is InChI=1S/C3H7NO2.ClH/c1-2-6-3(4)5;/h2H2,1H3,(H2,4,5);1H. The third-order valence-electron chi connectivity index (χ3n) is 0.287. The van der Waals surface area contributed by atoms with Crippen molar-refractivity contribution >= 4 is 18.5 Å². The molecule has 0 fully saturated rings. The molecule has 0 unspecified atom stereocenters. The van der Waals surface area contributed by atoms with Crippen LogP contribution in [-0.4, -0.2) is 12.7 Å². The zero-order valence-electron chi connectivity index (χ0n) is 4.01. The van der Waals surface area contributed by atoms with Gasteiger partial charge in [-0.3, -0.25) is 0 Å². The largest absolute Gasteiger partial charge is 0.450 e. The minimum atomic E-state index is -0.711. The average Bonchev–Trinajstić information content (AvgIpc) is 1.35. The molecule has 0 radical (unpaired) electrons. The molecule has 1 amide bonds. The van der Waals surface area contributed by atoms with Crippen LogP contribution in [0.4, 0.5) is 4.79 Å². The summed E-state index contributed by atoms with van der Waals surface area (Å²) in [6.45, 7) is 2.06. The maximum absolute atomic E-state index is 9.60. The Hall–Kier alpha value is -0.440. The van der Waals surface area contributed by atoms with E-state index >= 15 is 0 Å². The molecule has 3 nitrogen and oxygen atoms in total. The van der Waals surface area contributed by atoms with Crippen molar-refractivity contribution in [2.24, 2.45) is 5.73 Å². The van der Waals surface area contributed by atoms with Crippen molar-refractivity contribution in [3.63, 3.8) is 0 Å². The molecule has 0 aliphatic carbocycles. The number of carbonyl (C=O) groups excluding carboxylic acids is 1. The molecule has 0 aromatic rings. The van der Waals surface area contributed by atoms with Crippen molar-refractivity contribution in [1.29, 1.82) is 0 Å². The van der Waals surface area contributed by atoms with Gasteiger partial charge in [0.2, 0.25) is 0 Å². The highest BCUT2D eigenvalue weighted by Crippen LogP contribution is 1.66. The van der Waals surface area contributed by atoms with Crippen LogP contribution in [0.5, 0.6) is 0 Å². The van der Waals surface area contributed by atoms with Gasteiger partial charge in [-0.1, -0.05) is 0 Å². The van der Waals surface area contributed by atoms with Crippen LogP contribution < -0.4 is 5.73 Å². The van der Waals surface area contributed by atoms with Crippen LogP contribution in [0, 0.1) is 0 Å². The van der Waals surface area contributed by atoms with Gasteiger partial charge in [0.25, 0.3) is 0 Å². The van der Waals surface area contributed by atoms with Gasteiger partial charge in [-0.05, 0) is 6.92 Å². The fourth-order valence-corrected chi connectivity index (χ4v) is 0.142. The first-order valence-electron chi connectivity index (χ1n) is 1.69. The van der Waals surface area contributed by atoms with Crippen LogP contribution in [0.3, 0.4) is 0 Å². The molecule has 4 heteroatoms. The summed E-state index contributed by atoms with van der Waals surface area (Å²) in [5.74, 6) is 0. The van der Waals surface area contributed by atoms with Crippen molar-refractivity contribution in [2.45, 2.75) is 6.92 Å². The monoisotopic (exact) mass is 125 g/mol. The maximum atomic E-state index is 9.60. The van der Waals surface area contributed by atoms with Crippen LogP contribution in [-0.2, 0) is 4.74 Å². The van der Waals surface area contributed by atoms with Gasteiger partial charge in [-0.25, -0.2) is 4.79 Å². The molecular weight excluding hydrogens is 117 g/mol. The highest BCUT2D eigenvalue weighted by atomic mass is 35.5. The molecule has 0 aliphatic heterocycles. The highest BCUT2D eigenvalue weighted by molar-refractivity contribution is 5.85. The van der Waals surface area contributed by atoms with Crippen molar-refractivity contribution in [2.75, 3.05) is 6.61 Å².